The number of hydrogen-bond donors (Lipinski definition) is 2. The number of carbonyl (C=O) groups excluding carboxylic acids is 1. The second-order valence-electron chi connectivity index (χ2n) is 4.41. The van der Waals surface area contributed by atoms with Gasteiger partial charge in [-0.2, -0.15) is 5.10 Å². The number of pyridine rings is 1. The lowest BCUT2D eigenvalue weighted by molar-refractivity contribution is 0.0950. The molecule has 0 saturated carbocycles. The van der Waals surface area contributed by atoms with Crippen LogP contribution in [0.5, 0.6) is 0 Å². The van der Waals surface area contributed by atoms with E-state index in [9.17, 15) is 4.79 Å². The molecular weight excluding hydrogens is 256 g/mol. The van der Waals surface area contributed by atoms with Crippen LogP contribution >= 0.6 is 0 Å². The predicted octanol–water partition coefficient (Wildman–Crippen LogP) is 0.390. The summed E-state index contributed by atoms with van der Waals surface area (Å²) in [6.07, 6.45) is 4.52. The largest absolute Gasteiger partial charge is 0.350 e. The maximum atomic E-state index is 11.9. The van der Waals surface area contributed by atoms with E-state index in [1.807, 2.05) is 13.8 Å². The van der Waals surface area contributed by atoms with E-state index in [2.05, 4.69) is 25.7 Å². The standard InChI is InChI=1S/C13H18N6O/c1-3-15-10(2)6-17-13(20)11-4-5-12(16-7-11)19-9-14-8-18-19/h4-5,7-10,15H,3,6H2,1-2H3,(H,17,20)/t10-/m1/s1. The summed E-state index contributed by atoms with van der Waals surface area (Å²) in [4.78, 5) is 20.0. The van der Waals surface area contributed by atoms with Crippen LogP contribution in [0.2, 0.25) is 0 Å². The van der Waals surface area contributed by atoms with Crippen LogP contribution in [0.4, 0.5) is 0 Å². The Labute approximate surface area is 117 Å². The van der Waals surface area contributed by atoms with Crippen LogP contribution in [0.25, 0.3) is 5.82 Å². The van der Waals surface area contributed by atoms with Gasteiger partial charge in [0.15, 0.2) is 5.82 Å². The molecule has 1 atom stereocenters. The monoisotopic (exact) mass is 274 g/mol. The van der Waals surface area contributed by atoms with E-state index in [4.69, 9.17) is 0 Å². The molecule has 0 aliphatic heterocycles. The Morgan fingerprint density at radius 2 is 2.30 bits per heavy atom. The van der Waals surface area contributed by atoms with E-state index in [1.54, 1.807) is 18.5 Å². The van der Waals surface area contributed by atoms with Crippen LogP contribution in [0, 0.1) is 0 Å². The first kappa shape index (κ1) is 14.1. The maximum Gasteiger partial charge on any atom is 0.252 e. The molecule has 20 heavy (non-hydrogen) atoms. The summed E-state index contributed by atoms with van der Waals surface area (Å²) in [6.45, 7) is 5.52. The summed E-state index contributed by atoms with van der Waals surface area (Å²) < 4.78 is 1.54. The van der Waals surface area contributed by atoms with Crippen molar-refractivity contribution in [2.45, 2.75) is 19.9 Å². The molecular formula is C13H18N6O. The molecule has 7 nitrogen and oxygen atoms in total. The Kier molecular flexibility index (Phi) is 4.78. The molecule has 106 valence electrons. The molecule has 0 saturated heterocycles. The molecule has 7 heteroatoms. The molecule has 0 fully saturated rings. The summed E-state index contributed by atoms with van der Waals surface area (Å²) in [7, 11) is 0. The number of likely N-dealkylation sites (N-methyl/N-ethyl adjacent to an activating group) is 1. The van der Waals surface area contributed by atoms with E-state index in [0.717, 1.165) is 6.54 Å². The van der Waals surface area contributed by atoms with Crippen LogP contribution in [0.1, 0.15) is 24.2 Å². The van der Waals surface area contributed by atoms with Crippen LogP contribution in [0.3, 0.4) is 0 Å². The van der Waals surface area contributed by atoms with Gasteiger partial charge in [0, 0.05) is 18.8 Å². The Bertz CT molecular complexity index is 536. The van der Waals surface area contributed by atoms with Crippen molar-refractivity contribution < 1.29 is 4.79 Å². The molecule has 1 amide bonds. The quantitative estimate of drug-likeness (QED) is 0.796. The Balaban J connectivity index is 1.94. The summed E-state index contributed by atoms with van der Waals surface area (Å²) in [5.41, 5.74) is 0.526. The van der Waals surface area contributed by atoms with Gasteiger partial charge in [0.25, 0.3) is 5.91 Å². The second kappa shape index (κ2) is 6.76. The number of amides is 1. The molecule has 0 aliphatic rings. The molecule has 0 aromatic carbocycles. The van der Waals surface area contributed by atoms with E-state index >= 15 is 0 Å². The molecule has 0 aliphatic carbocycles. The number of hydrogen-bond acceptors (Lipinski definition) is 5. The summed E-state index contributed by atoms with van der Waals surface area (Å²) in [5, 5.41) is 10.1. The minimum atomic E-state index is -0.132. The van der Waals surface area contributed by atoms with Crippen molar-refractivity contribution in [3.63, 3.8) is 0 Å². The van der Waals surface area contributed by atoms with Crippen LogP contribution in [0.15, 0.2) is 31.0 Å². The fraction of sp³-hybridized carbons (Fsp3) is 0.385. The van der Waals surface area contributed by atoms with Gasteiger partial charge in [-0.3, -0.25) is 4.79 Å². The molecule has 2 N–H and O–H groups in total. The van der Waals surface area contributed by atoms with E-state index in [-0.39, 0.29) is 11.9 Å². The van der Waals surface area contributed by atoms with Crippen LogP contribution in [-0.2, 0) is 0 Å². The first-order chi connectivity index (χ1) is 9.70. The zero-order chi connectivity index (χ0) is 14.4. The Morgan fingerprint density at radius 1 is 1.45 bits per heavy atom. The number of nitrogens with zero attached hydrogens (tertiary/aromatic N) is 4. The minimum Gasteiger partial charge on any atom is -0.350 e. The normalized spacial score (nSPS) is 12.1. The topological polar surface area (TPSA) is 84.7 Å². The smallest absolute Gasteiger partial charge is 0.252 e. The third kappa shape index (κ3) is 3.61. The van der Waals surface area contributed by atoms with Crippen molar-refractivity contribution in [3.8, 4) is 5.82 Å². The summed E-state index contributed by atoms with van der Waals surface area (Å²) in [5.74, 6) is 0.493. The molecule has 2 heterocycles. The number of nitrogens with one attached hydrogen (secondary N) is 2. The van der Waals surface area contributed by atoms with Gasteiger partial charge in [-0.05, 0) is 25.6 Å². The first-order valence-corrected chi connectivity index (χ1v) is 6.53. The molecule has 2 aromatic rings. The average molecular weight is 274 g/mol. The number of aromatic nitrogens is 4. The van der Waals surface area contributed by atoms with Gasteiger partial charge < -0.3 is 10.6 Å². The van der Waals surface area contributed by atoms with Crippen molar-refractivity contribution in [2.24, 2.45) is 0 Å². The van der Waals surface area contributed by atoms with Gasteiger partial charge in [0.1, 0.15) is 12.7 Å². The highest BCUT2D eigenvalue weighted by Crippen LogP contribution is 2.03. The molecule has 0 spiro atoms. The van der Waals surface area contributed by atoms with Crippen molar-refractivity contribution in [3.05, 3.63) is 36.5 Å². The van der Waals surface area contributed by atoms with Gasteiger partial charge in [0.05, 0.1) is 5.56 Å². The van der Waals surface area contributed by atoms with Gasteiger partial charge in [-0.1, -0.05) is 6.92 Å². The molecule has 0 bridgehead atoms. The van der Waals surface area contributed by atoms with E-state index in [1.165, 1.54) is 17.2 Å². The summed E-state index contributed by atoms with van der Waals surface area (Å²) >= 11 is 0. The SMILES string of the molecule is CCN[C@H](C)CNC(=O)c1ccc(-n2cncn2)nc1. The predicted molar refractivity (Wildman–Crippen MR) is 74.6 cm³/mol. The maximum absolute atomic E-state index is 11.9. The lowest BCUT2D eigenvalue weighted by Gasteiger charge is -2.13. The highest BCUT2D eigenvalue weighted by atomic mass is 16.1. The number of rotatable bonds is 6. The van der Waals surface area contributed by atoms with Crippen molar-refractivity contribution in [1.82, 2.24) is 30.4 Å². The zero-order valence-corrected chi connectivity index (χ0v) is 11.6. The van der Waals surface area contributed by atoms with Gasteiger partial charge in [0.2, 0.25) is 0 Å². The van der Waals surface area contributed by atoms with Gasteiger partial charge in [-0.15, -0.1) is 0 Å². The Morgan fingerprint density at radius 3 is 2.90 bits per heavy atom. The van der Waals surface area contributed by atoms with Gasteiger partial charge >= 0.3 is 0 Å². The Hall–Kier alpha value is -2.28. The van der Waals surface area contributed by atoms with Crippen LogP contribution < -0.4 is 10.6 Å². The zero-order valence-electron chi connectivity index (χ0n) is 11.6. The molecule has 0 radical (unpaired) electrons. The third-order valence-electron chi connectivity index (χ3n) is 2.78. The average Bonchev–Trinajstić information content (AvgIpc) is 2.99. The highest BCUT2D eigenvalue weighted by Gasteiger charge is 2.08. The second-order valence-corrected chi connectivity index (χ2v) is 4.41. The van der Waals surface area contributed by atoms with E-state index in [0.29, 0.717) is 17.9 Å². The fourth-order valence-corrected chi connectivity index (χ4v) is 1.75. The number of carbonyl (C=O) groups is 1. The third-order valence-corrected chi connectivity index (χ3v) is 2.78. The van der Waals surface area contributed by atoms with Gasteiger partial charge in [-0.25, -0.2) is 14.6 Å². The first-order valence-electron chi connectivity index (χ1n) is 6.53. The van der Waals surface area contributed by atoms with Crippen molar-refractivity contribution >= 4 is 5.91 Å². The highest BCUT2D eigenvalue weighted by molar-refractivity contribution is 5.93. The van der Waals surface area contributed by atoms with Crippen molar-refractivity contribution in [2.75, 3.05) is 13.1 Å². The molecule has 2 aromatic heterocycles. The molecule has 0 unspecified atom stereocenters. The van der Waals surface area contributed by atoms with E-state index < -0.39 is 0 Å². The molecule has 2 rings (SSSR count). The van der Waals surface area contributed by atoms with Crippen LogP contribution in [-0.4, -0.2) is 44.8 Å². The lowest BCUT2D eigenvalue weighted by Crippen LogP contribution is -2.38. The fourth-order valence-electron chi connectivity index (χ4n) is 1.75. The summed E-state index contributed by atoms with van der Waals surface area (Å²) in [6, 6.07) is 3.69. The minimum absolute atomic E-state index is 0.132. The van der Waals surface area contributed by atoms with Crippen molar-refractivity contribution in [1.29, 1.82) is 0 Å². The lowest BCUT2D eigenvalue weighted by atomic mass is 10.2.